The number of hydrogen-bond acceptors (Lipinski definition) is 6. The molecule has 0 aromatic heterocycles. The van der Waals surface area contributed by atoms with Crippen molar-refractivity contribution in [3.63, 3.8) is 0 Å². The van der Waals surface area contributed by atoms with E-state index in [9.17, 15) is 0 Å². The Morgan fingerprint density at radius 3 is 0.939 bits per heavy atom. The first kappa shape index (κ1) is 21.5. The molecule has 0 amide bonds. The van der Waals surface area contributed by atoms with Crippen molar-refractivity contribution in [2.24, 2.45) is 15.3 Å². The van der Waals surface area contributed by atoms with Gasteiger partial charge < -0.3 is 0 Å². The van der Waals surface area contributed by atoms with Gasteiger partial charge in [0.05, 0.1) is 35.7 Å². The third kappa shape index (κ3) is 7.18. The molecule has 0 aliphatic carbocycles. The van der Waals surface area contributed by atoms with Gasteiger partial charge in [0.1, 0.15) is 0 Å². The van der Waals surface area contributed by atoms with Gasteiger partial charge in [-0.25, -0.2) is 0 Å². The molecule has 4 rings (SSSR count). The summed E-state index contributed by atoms with van der Waals surface area (Å²) in [5.74, 6) is 0. The number of benzene rings is 4. The van der Waals surface area contributed by atoms with E-state index in [-0.39, 0.29) is 0 Å². The minimum Gasteiger partial charge on any atom is -0.279 e. The molecule has 4 aromatic carbocycles. The number of nitrogens with one attached hydrogen (secondary N) is 3. The Labute approximate surface area is 193 Å². The zero-order chi connectivity index (χ0) is 22.6. The quantitative estimate of drug-likeness (QED) is 0.223. The Morgan fingerprint density at radius 1 is 0.394 bits per heavy atom. The largest absolute Gasteiger partial charge is 0.279 e. The number of rotatable bonds is 9. The summed E-state index contributed by atoms with van der Waals surface area (Å²) in [4.78, 5) is 0. The summed E-state index contributed by atoms with van der Waals surface area (Å²) in [6, 6.07) is 35.5. The summed E-state index contributed by atoms with van der Waals surface area (Å²) in [6.45, 7) is 0. The van der Waals surface area contributed by atoms with Crippen LogP contribution in [0.5, 0.6) is 0 Å². The number of para-hydroxylation sites is 3. The lowest BCUT2D eigenvalue weighted by Gasteiger charge is -2.04. The lowest BCUT2D eigenvalue weighted by molar-refractivity contribution is 1.34. The van der Waals surface area contributed by atoms with E-state index >= 15 is 0 Å². The van der Waals surface area contributed by atoms with Crippen molar-refractivity contribution in [1.29, 1.82) is 0 Å². The van der Waals surface area contributed by atoms with Crippen molar-refractivity contribution in [2.75, 3.05) is 16.3 Å². The van der Waals surface area contributed by atoms with E-state index < -0.39 is 0 Å². The van der Waals surface area contributed by atoms with Gasteiger partial charge in [-0.15, -0.1) is 0 Å². The second kappa shape index (κ2) is 11.6. The Hall–Kier alpha value is -4.71. The zero-order valence-electron chi connectivity index (χ0n) is 18.0. The Balaban J connectivity index is 1.50. The first-order valence-corrected chi connectivity index (χ1v) is 10.5. The predicted molar refractivity (Wildman–Crippen MR) is 139 cm³/mol. The van der Waals surface area contributed by atoms with Crippen molar-refractivity contribution in [1.82, 2.24) is 0 Å². The maximum absolute atomic E-state index is 4.35. The van der Waals surface area contributed by atoms with Crippen LogP contribution in [0.25, 0.3) is 0 Å². The summed E-state index contributed by atoms with van der Waals surface area (Å²) < 4.78 is 0. The Kier molecular flexibility index (Phi) is 7.58. The summed E-state index contributed by atoms with van der Waals surface area (Å²) in [7, 11) is 0. The van der Waals surface area contributed by atoms with Crippen molar-refractivity contribution in [2.45, 2.75) is 0 Å². The fourth-order valence-electron chi connectivity index (χ4n) is 3.01. The molecule has 3 N–H and O–H groups in total. The highest BCUT2D eigenvalue weighted by Crippen LogP contribution is 2.10. The van der Waals surface area contributed by atoms with Crippen LogP contribution in [0.2, 0.25) is 0 Å². The molecule has 0 aliphatic rings. The van der Waals surface area contributed by atoms with E-state index in [2.05, 4.69) is 31.6 Å². The van der Waals surface area contributed by atoms with E-state index in [4.69, 9.17) is 0 Å². The van der Waals surface area contributed by atoms with Gasteiger partial charge in [0, 0.05) is 0 Å². The van der Waals surface area contributed by atoms with E-state index in [1.54, 1.807) is 18.6 Å². The molecule has 0 heterocycles. The number of hydrogen-bond donors (Lipinski definition) is 3. The molecule has 0 atom stereocenters. The van der Waals surface area contributed by atoms with Gasteiger partial charge in [-0.3, -0.25) is 16.3 Å². The maximum Gasteiger partial charge on any atom is 0.0561 e. The zero-order valence-corrected chi connectivity index (χ0v) is 18.0. The normalized spacial score (nSPS) is 11.3. The van der Waals surface area contributed by atoms with Crippen molar-refractivity contribution in [3.05, 3.63) is 126 Å². The van der Waals surface area contributed by atoms with Gasteiger partial charge in [0.15, 0.2) is 0 Å². The molecule has 6 heteroatoms. The highest BCUT2D eigenvalue weighted by atomic mass is 15.3. The van der Waals surface area contributed by atoms with Crippen LogP contribution in [0.1, 0.15) is 16.7 Å². The summed E-state index contributed by atoms with van der Waals surface area (Å²) in [5.41, 5.74) is 14.6. The van der Waals surface area contributed by atoms with Gasteiger partial charge in [-0.2, -0.15) is 15.3 Å². The average Bonchev–Trinajstić information content (AvgIpc) is 2.86. The van der Waals surface area contributed by atoms with Crippen molar-refractivity contribution >= 4 is 35.7 Å². The standard InChI is InChI=1S/C27H24N6/c1-4-10-25(11-5-1)31-28-19-22-16-23(20-29-32-26-12-6-2-7-13-26)18-24(17-22)21-30-33-27-14-8-3-9-15-27/h1-21,31-33H/b28-19+,29-20+,30-21+. The van der Waals surface area contributed by atoms with E-state index in [0.717, 1.165) is 33.8 Å². The van der Waals surface area contributed by atoms with Crippen LogP contribution in [-0.4, -0.2) is 18.6 Å². The first-order valence-electron chi connectivity index (χ1n) is 10.5. The second-order valence-corrected chi connectivity index (χ2v) is 7.14. The first-order chi connectivity index (χ1) is 16.3. The summed E-state index contributed by atoms with van der Waals surface area (Å²) in [5, 5.41) is 13.1. The van der Waals surface area contributed by atoms with Crippen molar-refractivity contribution < 1.29 is 0 Å². The number of anilines is 3. The molecule has 6 nitrogen and oxygen atoms in total. The molecule has 0 spiro atoms. The molecule has 162 valence electrons. The summed E-state index contributed by atoms with van der Waals surface area (Å²) in [6.07, 6.45) is 5.32. The summed E-state index contributed by atoms with van der Waals surface area (Å²) >= 11 is 0. The van der Waals surface area contributed by atoms with E-state index in [1.165, 1.54) is 0 Å². The molecule has 0 saturated carbocycles. The van der Waals surface area contributed by atoms with Crippen LogP contribution in [0.4, 0.5) is 17.1 Å². The fourth-order valence-corrected chi connectivity index (χ4v) is 3.01. The SMILES string of the molecule is C(=N\Nc1ccccc1)/c1cc(/C=N/Nc2ccccc2)cc(/C=N/Nc2ccccc2)c1. The van der Waals surface area contributed by atoms with E-state index in [1.807, 2.05) is 109 Å². The number of nitrogens with zero attached hydrogens (tertiary/aromatic N) is 3. The molecule has 33 heavy (non-hydrogen) atoms. The lowest BCUT2D eigenvalue weighted by Crippen LogP contribution is -1.97. The van der Waals surface area contributed by atoms with E-state index in [0.29, 0.717) is 0 Å². The van der Waals surface area contributed by atoms with Crippen LogP contribution < -0.4 is 16.3 Å². The van der Waals surface area contributed by atoms with Gasteiger partial charge in [-0.05, 0) is 71.3 Å². The van der Waals surface area contributed by atoms with Gasteiger partial charge in [0.2, 0.25) is 0 Å². The Morgan fingerprint density at radius 2 is 0.667 bits per heavy atom. The average molecular weight is 433 g/mol. The topological polar surface area (TPSA) is 73.2 Å². The molecule has 0 unspecified atom stereocenters. The van der Waals surface area contributed by atoms with Crippen LogP contribution in [0.3, 0.4) is 0 Å². The molecule has 4 aromatic rings. The highest BCUT2D eigenvalue weighted by molar-refractivity contribution is 5.92. The number of hydrazone groups is 3. The van der Waals surface area contributed by atoms with Crippen LogP contribution in [-0.2, 0) is 0 Å². The molecule has 0 fully saturated rings. The highest BCUT2D eigenvalue weighted by Gasteiger charge is 1.98. The minimum atomic E-state index is 0.920. The fraction of sp³-hybridized carbons (Fsp3) is 0. The molecule has 0 radical (unpaired) electrons. The minimum absolute atomic E-state index is 0.920. The smallest absolute Gasteiger partial charge is 0.0561 e. The van der Waals surface area contributed by atoms with Crippen LogP contribution in [0.15, 0.2) is 124 Å². The lowest BCUT2D eigenvalue weighted by atomic mass is 10.1. The van der Waals surface area contributed by atoms with Gasteiger partial charge in [0.25, 0.3) is 0 Å². The van der Waals surface area contributed by atoms with Crippen LogP contribution in [0, 0.1) is 0 Å². The molecule has 0 aliphatic heterocycles. The van der Waals surface area contributed by atoms with Crippen LogP contribution >= 0.6 is 0 Å². The van der Waals surface area contributed by atoms with Gasteiger partial charge in [-0.1, -0.05) is 54.6 Å². The monoisotopic (exact) mass is 432 g/mol. The molecular weight excluding hydrogens is 408 g/mol. The maximum atomic E-state index is 4.35. The van der Waals surface area contributed by atoms with Gasteiger partial charge >= 0.3 is 0 Å². The molecule has 0 saturated heterocycles. The predicted octanol–water partition coefficient (Wildman–Crippen LogP) is 6.02. The molecular formula is C27H24N6. The Bertz CT molecular complexity index is 1050. The third-order valence-electron chi connectivity index (χ3n) is 4.54. The second-order valence-electron chi connectivity index (χ2n) is 7.14. The molecule has 0 bridgehead atoms. The third-order valence-corrected chi connectivity index (χ3v) is 4.54. The van der Waals surface area contributed by atoms with Crippen molar-refractivity contribution in [3.8, 4) is 0 Å².